The van der Waals surface area contributed by atoms with Crippen molar-refractivity contribution in [3.63, 3.8) is 0 Å². The van der Waals surface area contributed by atoms with Crippen molar-refractivity contribution in [2.75, 3.05) is 6.61 Å². The molecule has 5 nitrogen and oxygen atoms in total. The number of hydrogen-bond acceptors (Lipinski definition) is 5. The van der Waals surface area contributed by atoms with Gasteiger partial charge in [-0.15, -0.1) is 17.9 Å². The topological polar surface area (TPSA) is 61.2 Å². The van der Waals surface area contributed by atoms with Gasteiger partial charge in [0, 0.05) is 29.6 Å². The number of ketones is 1. The average Bonchev–Trinajstić information content (AvgIpc) is 3.20. The van der Waals surface area contributed by atoms with Crippen LogP contribution in [0, 0.1) is 13.8 Å². The first-order valence-electron chi connectivity index (χ1n) is 8.51. The highest BCUT2D eigenvalue weighted by molar-refractivity contribution is 7.19. The molecule has 0 spiro atoms. The lowest BCUT2D eigenvalue weighted by molar-refractivity contribution is -0.136. The van der Waals surface area contributed by atoms with E-state index in [-0.39, 0.29) is 12.4 Å². The van der Waals surface area contributed by atoms with Crippen molar-refractivity contribution in [3.05, 3.63) is 71.0 Å². The largest absolute Gasteiger partial charge is 0.454 e. The van der Waals surface area contributed by atoms with Gasteiger partial charge in [0.1, 0.15) is 5.01 Å². The SMILES string of the molecule is C=CCn1c(C)cc(C(=O)COC(=O)/C=C/c2nc3ccccc3s2)c1C. The summed E-state index contributed by atoms with van der Waals surface area (Å²) in [5.74, 6) is -0.789. The van der Waals surface area contributed by atoms with Crippen molar-refractivity contribution in [3.8, 4) is 0 Å². The third-order valence-electron chi connectivity index (χ3n) is 4.20. The molecule has 2 aromatic heterocycles. The van der Waals surface area contributed by atoms with Crippen molar-refractivity contribution in [2.24, 2.45) is 0 Å². The summed E-state index contributed by atoms with van der Waals surface area (Å²) in [5.41, 5.74) is 3.27. The fourth-order valence-corrected chi connectivity index (χ4v) is 3.73. The van der Waals surface area contributed by atoms with E-state index < -0.39 is 5.97 Å². The summed E-state index contributed by atoms with van der Waals surface area (Å²) in [7, 11) is 0. The molecular formula is C21H20N2O3S. The van der Waals surface area contributed by atoms with Crippen molar-refractivity contribution >= 4 is 39.4 Å². The van der Waals surface area contributed by atoms with Crippen LogP contribution in [0.2, 0.25) is 0 Å². The molecule has 0 bridgehead atoms. The van der Waals surface area contributed by atoms with Crippen molar-refractivity contribution in [1.29, 1.82) is 0 Å². The molecule has 0 N–H and O–H groups in total. The van der Waals surface area contributed by atoms with Crippen LogP contribution in [-0.4, -0.2) is 27.9 Å². The molecule has 0 saturated heterocycles. The average molecular weight is 380 g/mol. The molecule has 3 rings (SSSR count). The molecule has 0 radical (unpaired) electrons. The number of rotatable bonds is 7. The predicted molar refractivity (Wildman–Crippen MR) is 108 cm³/mol. The molecule has 0 amide bonds. The molecular weight excluding hydrogens is 360 g/mol. The van der Waals surface area contributed by atoms with Gasteiger partial charge in [-0.1, -0.05) is 18.2 Å². The molecule has 0 fully saturated rings. The second-order valence-corrected chi connectivity index (χ2v) is 7.13. The van der Waals surface area contributed by atoms with E-state index in [1.165, 1.54) is 17.4 Å². The number of allylic oxidation sites excluding steroid dienone is 1. The normalized spacial score (nSPS) is 11.2. The molecule has 138 valence electrons. The van der Waals surface area contributed by atoms with E-state index in [4.69, 9.17) is 4.74 Å². The van der Waals surface area contributed by atoms with Crippen LogP contribution in [0.3, 0.4) is 0 Å². The number of para-hydroxylation sites is 1. The molecule has 0 saturated carbocycles. The first-order valence-corrected chi connectivity index (χ1v) is 9.32. The summed E-state index contributed by atoms with van der Waals surface area (Å²) in [6.45, 7) is 7.87. The van der Waals surface area contributed by atoms with Crippen molar-refractivity contribution < 1.29 is 14.3 Å². The second kappa shape index (κ2) is 8.14. The third-order valence-corrected chi connectivity index (χ3v) is 5.21. The Hall–Kier alpha value is -2.99. The predicted octanol–water partition coefficient (Wildman–Crippen LogP) is 4.34. The summed E-state index contributed by atoms with van der Waals surface area (Å²) in [6, 6.07) is 9.57. The van der Waals surface area contributed by atoms with Gasteiger partial charge in [0.05, 0.1) is 10.2 Å². The smallest absolute Gasteiger partial charge is 0.331 e. The molecule has 1 aromatic carbocycles. The number of carbonyl (C=O) groups excluding carboxylic acids is 2. The zero-order chi connectivity index (χ0) is 19.4. The number of esters is 1. The Bertz CT molecular complexity index is 1010. The van der Waals surface area contributed by atoms with Crippen LogP contribution in [0.1, 0.15) is 26.8 Å². The highest BCUT2D eigenvalue weighted by Gasteiger charge is 2.16. The van der Waals surface area contributed by atoms with Gasteiger partial charge in [-0.2, -0.15) is 0 Å². The van der Waals surface area contributed by atoms with E-state index in [0.29, 0.717) is 17.1 Å². The fourth-order valence-electron chi connectivity index (χ4n) is 2.86. The van der Waals surface area contributed by atoms with Crippen molar-refractivity contribution in [2.45, 2.75) is 20.4 Å². The highest BCUT2D eigenvalue weighted by Crippen LogP contribution is 2.22. The maximum absolute atomic E-state index is 12.4. The zero-order valence-corrected chi connectivity index (χ0v) is 16.1. The van der Waals surface area contributed by atoms with Gasteiger partial charge >= 0.3 is 5.97 Å². The van der Waals surface area contributed by atoms with Gasteiger partial charge in [0.25, 0.3) is 0 Å². The van der Waals surface area contributed by atoms with Crippen LogP contribution in [-0.2, 0) is 16.1 Å². The minimum atomic E-state index is -0.567. The molecule has 0 aliphatic heterocycles. The Kier molecular flexibility index (Phi) is 5.66. The number of fused-ring (bicyclic) bond motifs is 1. The fraction of sp³-hybridized carbons (Fsp3) is 0.190. The number of aromatic nitrogens is 2. The van der Waals surface area contributed by atoms with Crippen LogP contribution < -0.4 is 0 Å². The van der Waals surface area contributed by atoms with Crippen molar-refractivity contribution in [1.82, 2.24) is 9.55 Å². The van der Waals surface area contributed by atoms with Gasteiger partial charge in [-0.05, 0) is 38.1 Å². The Balaban J connectivity index is 1.61. The molecule has 27 heavy (non-hydrogen) atoms. The number of benzene rings is 1. The molecule has 0 unspecified atom stereocenters. The summed E-state index contributed by atoms with van der Waals surface area (Å²) >= 11 is 1.49. The molecule has 0 aliphatic carbocycles. The first kappa shape index (κ1) is 18.8. The van der Waals surface area contributed by atoms with Crippen LogP contribution in [0.15, 0.2) is 49.1 Å². The molecule has 0 aliphatic rings. The number of ether oxygens (including phenoxy) is 1. The van der Waals surface area contributed by atoms with Crippen LogP contribution in [0.25, 0.3) is 16.3 Å². The summed E-state index contributed by atoms with van der Waals surface area (Å²) in [4.78, 5) is 28.7. The van der Waals surface area contributed by atoms with E-state index in [0.717, 1.165) is 21.6 Å². The maximum atomic E-state index is 12.4. The van der Waals surface area contributed by atoms with Crippen LogP contribution >= 0.6 is 11.3 Å². The Labute approximate surface area is 161 Å². The van der Waals surface area contributed by atoms with Crippen LogP contribution in [0.5, 0.6) is 0 Å². The molecule has 0 atom stereocenters. The van der Waals surface area contributed by atoms with Gasteiger partial charge < -0.3 is 9.30 Å². The molecule has 3 aromatic rings. The second-order valence-electron chi connectivity index (χ2n) is 6.07. The zero-order valence-electron chi connectivity index (χ0n) is 15.3. The number of nitrogens with zero attached hydrogens (tertiary/aromatic N) is 2. The maximum Gasteiger partial charge on any atom is 0.331 e. The number of thiazole rings is 1. The summed E-state index contributed by atoms with van der Waals surface area (Å²) in [6.07, 6.45) is 4.68. The first-order chi connectivity index (χ1) is 13.0. The van der Waals surface area contributed by atoms with E-state index in [2.05, 4.69) is 11.6 Å². The van der Waals surface area contributed by atoms with Gasteiger partial charge in [-0.3, -0.25) is 4.79 Å². The van der Waals surface area contributed by atoms with Crippen LogP contribution in [0.4, 0.5) is 0 Å². The lowest BCUT2D eigenvalue weighted by atomic mass is 10.1. The Morgan fingerprint density at radius 1 is 1.30 bits per heavy atom. The highest BCUT2D eigenvalue weighted by atomic mass is 32.1. The monoisotopic (exact) mass is 380 g/mol. The minimum absolute atomic E-state index is 0.222. The lowest BCUT2D eigenvalue weighted by Crippen LogP contribution is -2.13. The van der Waals surface area contributed by atoms with E-state index >= 15 is 0 Å². The minimum Gasteiger partial charge on any atom is -0.454 e. The Morgan fingerprint density at radius 2 is 2.07 bits per heavy atom. The standard InChI is InChI=1S/C21H20N2O3S/c1-4-11-23-14(2)12-16(15(23)3)18(24)13-26-21(25)10-9-20-22-17-7-5-6-8-19(17)27-20/h4-10,12H,1,11,13H2,2-3H3/b10-9+. The van der Waals surface area contributed by atoms with E-state index in [1.54, 1.807) is 12.2 Å². The summed E-state index contributed by atoms with van der Waals surface area (Å²) in [5, 5.41) is 0.715. The number of hydrogen-bond donors (Lipinski definition) is 0. The van der Waals surface area contributed by atoms with E-state index in [9.17, 15) is 9.59 Å². The number of Topliss-reactive ketones (excluding diaryl/α,β-unsaturated/α-hetero) is 1. The van der Waals surface area contributed by atoms with Gasteiger partial charge in [0.2, 0.25) is 5.78 Å². The summed E-state index contributed by atoms with van der Waals surface area (Å²) < 4.78 is 8.14. The van der Waals surface area contributed by atoms with E-state index in [1.807, 2.05) is 48.7 Å². The third kappa shape index (κ3) is 4.23. The number of carbonyl (C=O) groups is 2. The molecule has 2 heterocycles. The Morgan fingerprint density at radius 3 is 2.81 bits per heavy atom. The number of aryl methyl sites for hydroxylation is 1. The van der Waals surface area contributed by atoms with Gasteiger partial charge in [-0.25, -0.2) is 9.78 Å². The molecule has 6 heteroatoms. The lowest BCUT2D eigenvalue weighted by Gasteiger charge is -2.06. The quantitative estimate of drug-likeness (QED) is 0.265. The van der Waals surface area contributed by atoms with Gasteiger partial charge in [0.15, 0.2) is 6.61 Å².